The van der Waals surface area contributed by atoms with Gasteiger partial charge in [0, 0.05) is 21.4 Å². The van der Waals surface area contributed by atoms with E-state index in [2.05, 4.69) is 26.1 Å². The fraction of sp³-hybridized carbons (Fsp3) is 0.0714. The molecule has 0 aromatic carbocycles. The molecule has 0 aliphatic heterocycles. The standard InChI is InChI=1S/C14H9BrN2O3S2/c15-11-2-1-10(22-11)5-9(6-12(18)19)14-16-13(17-20-14)8-3-4-21-7-8/h1-5,7H,6H2,(H,18,19)/b9-5+. The second kappa shape index (κ2) is 6.55. The van der Waals surface area contributed by atoms with Gasteiger partial charge in [0.25, 0.3) is 5.89 Å². The Hall–Kier alpha value is -1.77. The van der Waals surface area contributed by atoms with E-state index in [0.717, 1.165) is 14.2 Å². The zero-order valence-electron chi connectivity index (χ0n) is 11.0. The van der Waals surface area contributed by atoms with Gasteiger partial charge in [0.05, 0.1) is 10.2 Å². The molecule has 3 heterocycles. The zero-order valence-corrected chi connectivity index (χ0v) is 14.2. The van der Waals surface area contributed by atoms with Crippen molar-refractivity contribution in [3.63, 3.8) is 0 Å². The number of hydrogen-bond donors (Lipinski definition) is 1. The Morgan fingerprint density at radius 3 is 2.91 bits per heavy atom. The van der Waals surface area contributed by atoms with Crippen LogP contribution >= 0.6 is 38.6 Å². The monoisotopic (exact) mass is 396 g/mol. The van der Waals surface area contributed by atoms with Crippen LogP contribution in [0.25, 0.3) is 23.0 Å². The van der Waals surface area contributed by atoms with Crippen LogP contribution in [0.5, 0.6) is 0 Å². The Kier molecular flexibility index (Phi) is 4.51. The molecule has 3 aromatic rings. The molecule has 3 rings (SSSR count). The van der Waals surface area contributed by atoms with E-state index in [1.165, 1.54) is 22.7 Å². The van der Waals surface area contributed by atoms with Crippen molar-refractivity contribution in [2.75, 3.05) is 0 Å². The van der Waals surface area contributed by atoms with E-state index in [0.29, 0.717) is 11.4 Å². The number of hydrogen-bond acceptors (Lipinski definition) is 6. The summed E-state index contributed by atoms with van der Waals surface area (Å²) in [6.45, 7) is 0. The molecular weight excluding hydrogens is 388 g/mol. The van der Waals surface area contributed by atoms with Gasteiger partial charge in [-0.25, -0.2) is 0 Å². The summed E-state index contributed by atoms with van der Waals surface area (Å²) in [7, 11) is 0. The van der Waals surface area contributed by atoms with Gasteiger partial charge in [0.2, 0.25) is 5.82 Å². The zero-order chi connectivity index (χ0) is 15.5. The third-order valence-corrected chi connectivity index (χ3v) is 4.99. The largest absolute Gasteiger partial charge is 0.481 e. The lowest BCUT2D eigenvalue weighted by atomic mass is 10.1. The third-order valence-electron chi connectivity index (χ3n) is 2.73. The molecule has 0 bridgehead atoms. The molecule has 0 spiro atoms. The summed E-state index contributed by atoms with van der Waals surface area (Å²) >= 11 is 6.42. The van der Waals surface area contributed by atoms with E-state index in [9.17, 15) is 4.79 Å². The first-order valence-electron chi connectivity index (χ1n) is 6.16. The molecule has 0 aliphatic rings. The summed E-state index contributed by atoms with van der Waals surface area (Å²) in [4.78, 5) is 16.3. The van der Waals surface area contributed by atoms with Crippen molar-refractivity contribution < 1.29 is 14.4 Å². The molecule has 0 atom stereocenters. The van der Waals surface area contributed by atoms with Crippen molar-refractivity contribution in [3.8, 4) is 11.4 Å². The maximum absolute atomic E-state index is 11.1. The fourth-order valence-corrected chi connectivity index (χ4v) is 3.82. The molecular formula is C14H9BrN2O3S2. The Bertz CT molecular complexity index is 821. The highest BCUT2D eigenvalue weighted by Crippen LogP contribution is 2.29. The van der Waals surface area contributed by atoms with Crippen molar-refractivity contribution in [1.29, 1.82) is 0 Å². The van der Waals surface area contributed by atoms with Crippen LogP contribution in [0.15, 0.2) is 37.3 Å². The minimum atomic E-state index is -0.947. The number of aromatic nitrogens is 2. The van der Waals surface area contributed by atoms with Crippen LogP contribution in [0.2, 0.25) is 0 Å². The Morgan fingerprint density at radius 2 is 2.27 bits per heavy atom. The number of thiophene rings is 2. The van der Waals surface area contributed by atoms with Crippen molar-refractivity contribution in [1.82, 2.24) is 10.1 Å². The molecule has 0 saturated carbocycles. The van der Waals surface area contributed by atoms with Crippen molar-refractivity contribution >= 4 is 56.2 Å². The van der Waals surface area contributed by atoms with Crippen molar-refractivity contribution in [2.24, 2.45) is 0 Å². The topological polar surface area (TPSA) is 76.2 Å². The highest BCUT2D eigenvalue weighted by atomic mass is 79.9. The Morgan fingerprint density at radius 1 is 1.41 bits per heavy atom. The van der Waals surface area contributed by atoms with Crippen molar-refractivity contribution in [2.45, 2.75) is 6.42 Å². The smallest absolute Gasteiger partial charge is 0.308 e. The second-order valence-electron chi connectivity index (χ2n) is 4.32. The van der Waals surface area contributed by atoms with E-state index in [4.69, 9.17) is 9.63 Å². The molecule has 0 amide bonds. The van der Waals surface area contributed by atoms with Gasteiger partial charge in [-0.1, -0.05) is 5.16 Å². The highest BCUT2D eigenvalue weighted by Gasteiger charge is 2.16. The SMILES string of the molecule is O=C(O)C/C(=C\c1ccc(Br)s1)c1nc(-c2ccsc2)no1. The first-order chi connectivity index (χ1) is 10.6. The molecule has 0 radical (unpaired) electrons. The maximum atomic E-state index is 11.1. The molecule has 8 heteroatoms. The lowest BCUT2D eigenvalue weighted by Crippen LogP contribution is -1.97. The molecule has 22 heavy (non-hydrogen) atoms. The van der Waals surface area contributed by atoms with Gasteiger partial charge in [-0.05, 0) is 45.6 Å². The average Bonchev–Trinajstić information content (AvgIpc) is 3.18. The van der Waals surface area contributed by atoms with Crippen molar-refractivity contribution in [3.05, 3.63) is 43.5 Å². The highest BCUT2D eigenvalue weighted by molar-refractivity contribution is 9.11. The first kappa shape index (κ1) is 15.1. The first-order valence-corrected chi connectivity index (χ1v) is 8.71. The van der Waals surface area contributed by atoms with Crippen LogP contribution in [0.1, 0.15) is 17.2 Å². The summed E-state index contributed by atoms with van der Waals surface area (Å²) in [5.41, 5.74) is 1.34. The predicted octanol–water partition coefficient (Wildman–Crippen LogP) is 4.64. The molecule has 112 valence electrons. The molecule has 0 fully saturated rings. The lowest BCUT2D eigenvalue weighted by molar-refractivity contribution is -0.135. The number of nitrogens with zero attached hydrogens (tertiary/aromatic N) is 2. The number of rotatable bonds is 5. The normalized spacial score (nSPS) is 11.8. The predicted molar refractivity (Wildman–Crippen MR) is 89.8 cm³/mol. The van der Waals surface area contributed by atoms with Crippen LogP contribution in [0, 0.1) is 0 Å². The Balaban J connectivity index is 1.96. The molecule has 0 aliphatic carbocycles. The van der Waals surface area contributed by atoms with Gasteiger partial charge in [-0.2, -0.15) is 16.3 Å². The van der Waals surface area contributed by atoms with Crippen LogP contribution in [-0.2, 0) is 4.79 Å². The van der Waals surface area contributed by atoms with Gasteiger partial charge in [0.15, 0.2) is 0 Å². The minimum Gasteiger partial charge on any atom is -0.481 e. The number of carbonyl (C=O) groups is 1. The summed E-state index contributed by atoms with van der Waals surface area (Å²) < 4.78 is 6.21. The molecule has 5 nitrogen and oxygen atoms in total. The van der Waals surface area contributed by atoms with Gasteiger partial charge < -0.3 is 9.63 Å². The van der Waals surface area contributed by atoms with E-state index in [-0.39, 0.29) is 12.3 Å². The van der Waals surface area contributed by atoms with Gasteiger partial charge in [-0.3, -0.25) is 4.79 Å². The summed E-state index contributed by atoms with van der Waals surface area (Å²) in [5.74, 6) is -0.259. The van der Waals surface area contributed by atoms with Gasteiger partial charge >= 0.3 is 5.97 Å². The minimum absolute atomic E-state index is 0.180. The molecule has 0 saturated heterocycles. The average molecular weight is 397 g/mol. The Labute approximate surface area is 142 Å². The van der Waals surface area contributed by atoms with E-state index >= 15 is 0 Å². The summed E-state index contributed by atoms with van der Waals surface area (Å²) in [6.07, 6.45) is 1.58. The number of aliphatic carboxylic acids is 1. The van der Waals surface area contributed by atoms with E-state index in [1.807, 2.05) is 29.0 Å². The van der Waals surface area contributed by atoms with Crippen LogP contribution < -0.4 is 0 Å². The van der Waals surface area contributed by atoms with Crippen LogP contribution in [0.3, 0.4) is 0 Å². The number of halogens is 1. The summed E-state index contributed by atoms with van der Waals surface area (Å²) in [6, 6.07) is 5.68. The van der Waals surface area contributed by atoms with Gasteiger partial charge in [-0.15, -0.1) is 11.3 Å². The molecule has 3 aromatic heterocycles. The van der Waals surface area contributed by atoms with Gasteiger partial charge in [0.1, 0.15) is 0 Å². The molecule has 0 unspecified atom stereocenters. The quantitative estimate of drug-likeness (QED) is 0.679. The van der Waals surface area contributed by atoms with E-state index < -0.39 is 5.97 Å². The van der Waals surface area contributed by atoms with E-state index in [1.54, 1.807) is 6.08 Å². The third kappa shape index (κ3) is 3.52. The maximum Gasteiger partial charge on any atom is 0.308 e. The molecule has 1 N–H and O–H groups in total. The second-order valence-corrected chi connectivity index (χ2v) is 7.59. The van der Waals surface area contributed by atoms with Crippen LogP contribution in [-0.4, -0.2) is 21.2 Å². The number of carboxylic acid groups (broad SMARTS) is 1. The number of carboxylic acids is 1. The summed E-state index contributed by atoms with van der Waals surface area (Å²) in [5, 5.41) is 16.8. The fourth-order valence-electron chi connectivity index (χ4n) is 1.79. The van der Waals surface area contributed by atoms with Crippen LogP contribution in [0.4, 0.5) is 0 Å². The lowest BCUT2D eigenvalue weighted by Gasteiger charge is -1.97.